The smallest absolute Gasteiger partial charge is 0.241 e. The number of nitrogens with one attached hydrogen (secondary N) is 2. The highest BCUT2D eigenvalue weighted by Gasteiger charge is 2.17. The predicted octanol–water partition coefficient (Wildman–Crippen LogP) is 2.21. The van der Waals surface area contributed by atoms with E-state index >= 15 is 0 Å². The van der Waals surface area contributed by atoms with Crippen LogP contribution in [0.4, 0.5) is 0 Å². The minimum Gasteiger partial charge on any atom is -0.350 e. The highest BCUT2D eigenvalue weighted by Crippen LogP contribution is 2.21. The van der Waals surface area contributed by atoms with Gasteiger partial charge in [0.25, 0.3) is 0 Å². The molecular formula is C20H23N5O. The van der Waals surface area contributed by atoms with Gasteiger partial charge in [0.1, 0.15) is 6.54 Å². The Morgan fingerprint density at radius 1 is 1.27 bits per heavy atom. The van der Waals surface area contributed by atoms with E-state index in [1.54, 1.807) is 10.9 Å². The van der Waals surface area contributed by atoms with E-state index in [1.807, 2.05) is 42.6 Å². The van der Waals surface area contributed by atoms with Gasteiger partial charge in [-0.3, -0.25) is 14.5 Å². The summed E-state index contributed by atoms with van der Waals surface area (Å²) in [4.78, 5) is 16.7. The number of pyridine rings is 1. The van der Waals surface area contributed by atoms with Crippen LogP contribution in [0.1, 0.15) is 30.0 Å². The molecule has 1 saturated heterocycles. The molecule has 0 saturated carbocycles. The van der Waals surface area contributed by atoms with Gasteiger partial charge in [-0.2, -0.15) is 5.10 Å². The lowest BCUT2D eigenvalue weighted by Gasteiger charge is -2.20. The molecule has 1 unspecified atom stereocenters. The largest absolute Gasteiger partial charge is 0.350 e. The van der Waals surface area contributed by atoms with Crippen molar-refractivity contribution in [2.45, 2.75) is 31.8 Å². The summed E-state index contributed by atoms with van der Waals surface area (Å²) in [5.74, 6) is 0.415. The van der Waals surface area contributed by atoms with Gasteiger partial charge in [-0.25, -0.2) is 0 Å². The first-order valence-electron chi connectivity index (χ1n) is 9.13. The highest BCUT2D eigenvalue weighted by molar-refractivity contribution is 5.82. The monoisotopic (exact) mass is 349 g/mol. The second-order valence-electron chi connectivity index (χ2n) is 6.75. The average Bonchev–Trinajstić information content (AvgIpc) is 3.15. The van der Waals surface area contributed by atoms with Crippen LogP contribution >= 0.6 is 0 Å². The van der Waals surface area contributed by atoms with E-state index in [0.717, 1.165) is 41.7 Å². The molecule has 1 aromatic carbocycles. The van der Waals surface area contributed by atoms with Crippen LogP contribution in [0, 0.1) is 0 Å². The molecular weight excluding hydrogens is 326 g/mol. The standard InChI is InChI=1S/C20H23N5O/c26-20(14-25-11-8-18(24-25)16-4-3-9-21-12-16)23-13-15-7-10-22-19-6-2-1-5-17(15)19/h1-2,5-8,10-11,16,21H,3-4,9,12-14H2,(H,23,26). The molecule has 134 valence electrons. The van der Waals surface area contributed by atoms with Crippen molar-refractivity contribution in [2.24, 2.45) is 0 Å². The van der Waals surface area contributed by atoms with Gasteiger partial charge in [0.2, 0.25) is 5.91 Å². The van der Waals surface area contributed by atoms with Gasteiger partial charge in [-0.1, -0.05) is 18.2 Å². The Bertz CT molecular complexity index is 893. The number of carbonyl (C=O) groups excluding carboxylic acids is 1. The van der Waals surface area contributed by atoms with Crippen molar-refractivity contribution in [3.63, 3.8) is 0 Å². The van der Waals surface area contributed by atoms with Crippen LogP contribution in [0.3, 0.4) is 0 Å². The molecule has 1 fully saturated rings. The summed E-state index contributed by atoms with van der Waals surface area (Å²) in [6.45, 7) is 2.79. The van der Waals surface area contributed by atoms with E-state index in [0.29, 0.717) is 12.5 Å². The average molecular weight is 349 g/mol. The van der Waals surface area contributed by atoms with Gasteiger partial charge in [0, 0.05) is 36.8 Å². The molecule has 6 heteroatoms. The number of fused-ring (bicyclic) bond motifs is 1. The number of amides is 1. The fourth-order valence-corrected chi connectivity index (χ4v) is 3.49. The molecule has 1 atom stereocenters. The van der Waals surface area contributed by atoms with E-state index in [-0.39, 0.29) is 12.5 Å². The number of aromatic nitrogens is 3. The Morgan fingerprint density at radius 2 is 2.19 bits per heavy atom. The second kappa shape index (κ2) is 7.66. The molecule has 0 spiro atoms. The van der Waals surface area contributed by atoms with Crippen molar-refractivity contribution in [1.82, 2.24) is 25.4 Å². The number of hydrogen-bond acceptors (Lipinski definition) is 4. The lowest BCUT2D eigenvalue weighted by atomic mass is 9.97. The van der Waals surface area contributed by atoms with Gasteiger partial charge in [-0.05, 0) is 43.1 Å². The van der Waals surface area contributed by atoms with E-state index in [1.165, 1.54) is 6.42 Å². The normalized spacial score (nSPS) is 17.3. The number of piperidine rings is 1. The minimum atomic E-state index is -0.0395. The highest BCUT2D eigenvalue weighted by atomic mass is 16.2. The van der Waals surface area contributed by atoms with Gasteiger partial charge < -0.3 is 10.6 Å². The maximum atomic E-state index is 12.3. The van der Waals surface area contributed by atoms with Gasteiger partial charge in [0.15, 0.2) is 0 Å². The number of rotatable bonds is 5. The molecule has 2 aromatic heterocycles. The third-order valence-electron chi connectivity index (χ3n) is 4.90. The molecule has 3 aromatic rings. The fourth-order valence-electron chi connectivity index (χ4n) is 3.49. The third kappa shape index (κ3) is 3.75. The Kier molecular flexibility index (Phi) is 4.93. The second-order valence-corrected chi connectivity index (χ2v) is 6.75. The van der Waals surface area contributed by atoms with Gasteiger partial charge in [-0.15, -0.1) is 0 Å². The fraction of sp³-hybridized carbons (Fsp3) is 0.350. The summed E-state index contributed by atoms with van der Waals surface area (Å²) in [6, 6.07) is 11.9. The molecule has 6 nitrogen and oxygen atoms in total. The first-order chi connectivity index (χ1) is 12.8. The molecule has 26 heavy (non-hydrogen) atoms. The van der Waals surface area contributed by atoms with Crippen LogP contribution in [0.5, 0.6) is 0 Å². The summed E-state index contributed by atoms with van der Waals surface area (Å²) in [7, 11) is 0. The van der Waals surface area contributed by atoms with Crippen molar-refractivity contribution < 1.29 is 4.79 Å². The Labute approximate surface area is 152 Å². The van der Waals surface area contributed by atoms with Crippen LogP contribution < -0.4 is 10.6 Å². The minimum absolute atomic E-state index is 0.0395. The van der Waals surface area contributed by atoms with E-state index in [2.05, 4.69) is 20.7 Å². The molecule has 0 aliphatic carbocycles. The number of benzene rings is 1. The maximum absolute atomic E-state index is 12.3. The first kappa shape index (κ1) is 16.7. The van der Waals surface area contributed by atoms with Crippen molar-refractivity contribution in [2.75, 3.05) is 13.1 Å². The number of nitrogens with zero attached hydrogens (tertiary/aromatic N) is 3. The third-order valence-corrected chi connectivity index (χ3v) is 4.90. The summed E-state index contributed by atoms with van der Waals surface area (Å²) in [6.07, 6.45) is 6.01. The zero-order valence-electron chi connectivity index (χ0n) is 14.7. The number of carbonyl (C=O) groups is 1. The van der Waals surface area contributed by atoms with Crippen LogP contribution in [-0.4, -0.2) is 33.8 Å². The lowest BCUT2D eigenvalue weighted by molar-refractivity contribution is -0.122. The molecule has 0 bridgehead atoms. The molecule has 0 radical (unpaired) electrons. The van der Waals surface area contributed by atoms with E-state index in [4.69, 9.17) is 0 Å². The zero-order valence-corrected chi connectivity index (χ0v) is 14.7. The van der Waals surface area contributed by atoms with Crippen molar-refractivity contribution >= 4 is 16.8 Å². The predicted molar refractivity (Wildman–Crippen MR) is 101 cm³/mol. The van der Waals surface area contributed by atoms with E-state index < -0.39 is 0 Å². The molecule has 4 rings (SSSR count). The molecule has 2 N–H and O–H groups in total. The van der Waals surface area contributed by atoms with E-state index in [9.17, 15) is 4.79 Å². The summed E-state index contributed by atoms with van der Waals surface area (Å²) in [5.41, 5.74) is 3.08. The van der Waals surface area contributed by atoms with Crippen LogP contribution in [-0.2, 0) is 17.9 Å². The van der Waals surface area contributed by atoms with Crippen molar-refractivity contribution in [1.29, 1.82) is 0 Å². The molecule has 1 aliphatic heterocycles. The maximum Gasteiger partial charge on any atom is 0.241 e. The van der Waals surface area contributed by atoms with Gasteiger partial charge >= 0.3 is 0 Å². The van der Waals surface area contributed by atoms with Crippen molar-refractivity contribution in [3.8, 4) is 0 Å². The molecule has 1 aliphatic rings. The summed E-state index contributed by atoms with van der Waals surface area (Å²) >= 11 is 0. The Hall–Kier alpha value is -2.73. The Morgan fingerprint density at radius 3 is 3.08 bits per heavy atom. The molecule has 1 amide bonds. The zero-order chi connectivity index (χ0) is 17.8. The van der Waals surface area contributed by atoms with Crippen LogP contribution in [0.2, 0.25) is 0 Å². The summed E-state index contributed by atoms with van der Waals surface area (Å²) in [5, 5.41) is 12.0. The number of hydrogen-bond donors (Lipinski definition) is 2. The molecule has 3 heterocycles. The van der Waals surface area contributed by atoms with Crippen LogP contribution in [0.15, 0.2) is 48.8 Å². The van der Waals surface area contributed by atoms with Crippen molar-refractivity contribution in [3.05, 3.63) is 60.0 Å². The Balaban J connectivity index is 1.36. The quantitative estimate of drug-likeness (QED) is 0.741. The topological polar surface area (TPSA) is 71.8 Å². The first-order valence-corrected chi connectivity index (χ1v) is 9.13. The lowest BCUT2D eigenvalue weighted by Crippen LogP contribution is -2.29. The summed E-state index contributed by atoms with van der Waals surface area (Å²) < 4.78 is 1.73. The number of para-hydroxylation sites is 1. The van der Waals surface area contributed by atoms with Gasteiger partial charge in [0.05, 0.1) is 11.2 Å². The SMILES string of the molecule is O=C(Cn1ccc(C2CCCNC2)n1)NCc1ccnc2ccccc12. The van der Waals surface area contributed by atoms with Crippen LogP contribution in [0.25, 0.3) is 10.9 Å².